The zero-order valence-corrected chi connectivity index (χ0v) is 17.2. The maximum Gasteiger partial charge on any atom is 0.276 e. The molecule has 0 aliphatic rings. The van der Waals surface area contributed by atoms with E-state index in [1.807, 2.05) is 38.1 Å². The Labute approximate surface area is 169 Å². The van der Waals surface area contributed by atoms with Crippen LogP contribution >= 0.6 is 0 Å². The number of fused-ring (bicyclic) bond motifs is 1. The molecule has 0 bridgehead atoms. The molecule has 0 saturated carbocycles. The van der Waals surface area contributed by atoms with Crippen molar-refractivity contribution in [3.8, 4) is 5.75 Å². The number of rotatable bonds is 7. The van der Waals surface area contributed by atoms with Crippen LogP contribution in [0.2, 0.25) is 0 Å². The summed E-state index contributed by atoms with van der Waals surface area (Å²) in [6.45, 7) is 8.41. The van der Waals surface area contributed by atoms with Gasteiger partial charge in [0.2, 0.25) is 5.95 Å². The second-order valence-corrected chi connectivity index (χ2v) is 7.14. The Bertz CT molecular complexity index is 1090. The third-order valence-corrected chi connectivity index (χ3v) is 4.72. The summed E-state index contributed by atoms with van der Waals surface area (Å²) in [7, 11) is 0. The van der Waals surface area contributed by atoms with E-state index in [0.29, 0.717) is 29.1 Å². The van der Waals surface area contributed by atoms with Crippen LogP contribution in [0.15, 0.2) is 47.3 Å². The van der Waals surface area contributed by atoms with Crippen molar-refractivity contribution >= 4 is 22.8 Å². The Kier molecular flexibility index (Phi) is 6.16. The Morgan fingerprint density at radius 2 is 1.97 bits per heavy atom. The fourth-order valence-electron chi connectivity index (χ4n) is 3.25. The summed E-state index contributed by atoms with van der Waals surface area (Å²) in [5, 5.41) is 0.537. The minimum absolute atomic E-state index is 0.155. The van der Waals surface area contributed by atoms with Crippen LogP contribution in [0.4, 0.5) is 5.95 Å². The van der Waals surface area contributed by atoms with Crippen molar-refractivity contribution in [1.82, 2.24) is 15.0 Å². The number of aromatic nitrogens is 2. The van der Waals surface area contributed by atoms with Crippen LogP contribution in [0.25, 0.3) is 10.9 Å². The molecule has 152 valence electrons. The molecule has 7 nitrogen and oxygen atoms in total. The first-order valence-electron chi connectivity index (χ1n) is 9.68. The van der Waals surface area contributed by atoms with Gasteiger partial charge in [-0.1, -0.05) is 32.0 Å². The summed E-state index contributed by atoms with van der Waals surface area (Å²) in [6, 6.07) is 12.9. The standard InChI is InChI=1S/C22H26N4O3/c1-5-26-21(28)18-8-6-7-9-19(18)23-22(26)25-24-20(27)13-29-16-10-11-17(14(2)3)15(4)12-16/h6-12,14H,5,13H2,1-4H3,(H,23,25)(H,24,27). The maximum atomic E-state index is 12.6. The van der Waals surface area contributed by atoms with E-state index in [-0.39, 0.29) is 24.0 Å². The second kappa shape index (κ2) is 8.77. The number of carbonyl (C=O) groups is 1. The van der Waals surface area contributed by atoms with Gasteiger partial charge in [0.1, 0.15) is 5.75 Å². The number of hydrogen-bond donors (Lipinski definition) is 2. The first-order valence-corrected chi connectivity index (χ1v) is 9.68. The Morgan fingerprint density at radius 1 is 1.21 bits per heavy atom. The SMILES string of the molecule is CCn1c(NNC(=O)COc2ccc(C(C)C)c(C)c2)nc2ccccc2c1=O. The fourth-order valence-corrected chi connectivity index (χ4v) is 3.25. The van der Waals surface area contributed by atoms with Gasteiger partial charge in [-0.15, -0.1) is 0 Å². The van der Waals surface area contributed by atoms with E-state index in [0.717, 1.165) is 5.56 Å². The third-order valence-electron chi connectivity index (χ3n) is 4.72. The first-order chi connectivity index (χ1) is 13.9. The van der Waals surface area contributed by atoms with Gasteiger partial charge in [-0.3, -0.25) is 25.0 Å². The van der Waals surface area contributed by atoms with Crippen molar-refractivity contribution < 1.29 is 9.53 Å². The van der Waals surface area contributed by atoms with Gasteiger partial charge < -0.3 is 4.74 Å². The average Bonchev–Trinajstić information content (AvgIpc) is 2.70. The Balaban J connectivity index is 1.65. The van der Waals surface area contributed by atoms with E-state index < -0.39 is 0 Å². The van der Waals surface area contributed by atoms with Crippen LogP contribution in [-0.2, 0) is 11.3 Å². The largest absolute Gasteiger partial charge is 0.484 e. The van der Waals surface area contributed by atoms with E-state index in [4.69, 9.17) is 4.74 Å². The number of aryl methyl sites for hydroxylation is 1. The van der Waals surface area contributed by atoms with Gasteiger partial charge in [0.25, 0.3) is 11.5 Å². The predicted molar refractivity (Wildman–Crippen MR) is 114 cm³/mol. The fraction of sp³-hybridized carbons (Fsp3) is 0.318. The van der Waals surface area contributed by atoms with Gasteiger partial charge in [0, 0.05) is 6.54 Å². The number of nitrogens with one attached hydrogen (secondary N) is 2. The minimum atomic E-state index is -0.374. The molecular formula is C22H26N4O3. The number of ether oxygens (including phenoxy) is 1. The predicted octanol–water partition coefficient (Wildman–Crippen LogP) is 3.37. The highest BCUT2D eigenvalue weighted by atomic mass is 16.5. The lowest BCUT2D eigenvalue weighted by molar-refractivity contribution is -0.122. The zero-order valence-electron chi connectivity index (χ0n) is 17.2. The molecule has 1 aromatic heterocycles. The van der Waals surface area contributed by atoms with Gasteiger partial charge in [0.15, 0.2) is 6.61 Å². The Hall–Kier alpha value is -3.35. The quantitative estimate of drug-likeness (QED) is 0.600. The first kappa shape index (κ1) is 20.4. The highest BCUT2D eigenvalue weighted by Gasteiger charge is 2.11. The summed E-state index contributed by atoms with van der Waals surface area (Å²) < 4.78 is 7.05. The number of anilines is 1. The molecule has 0 saturated heterocycles. The van der Waals surface area contributed by atoms with Crippen LogP contribution in [0.1, 0.15) is 37.8 Å². The summed E-state index contributed by atoms with van der Waals surface area (Å²) in [5.41, 5.74) is 8.07. The van der Waals surface area contributed by atoms with E-state index in [1.54, 1.807) is 18.2 Å². The van der Waals surface area contributed by atoms with Crippen LogP contribution < -0.4 is 21.1 Å². The van der Waals surface area contributed by atoms with Crippen molar-refractivity contribution in [1.29, 1.82) is 0 Å². The van der Waals surface area contributed by atoms with E-state index in [9.17, 15) is 9.59 Å². The molecule has 0 radical (unpaired) electrons. The van der Waals surface area contributed by atoms with Crippen molar-refractivity contribution in [2.75, 3.05) is 12.0 Å². The molecule has 7 heteroatoms. The summed E-state index contributed by atoms with van der Waals surface area (Å²) in [5.74, 6) is 0.973. The van der Waals surface area contributed by atoms with Crippen LogP contribution in [0.3, 0.4) is 0 Å². The van der Waals surface area contributed by atoms with Crippen LogP contribution in [0, 0.1) is 6.92 Å². The lowest BCUT2D eigenvalue weighted by Crippen LogP contribution is -2.37. The molecule has 1 heterocycles. The average molecular weight is 394 g/mol. The lowest BCUT2D eigenvalue weighted by atomic mass is 9.98. The summed E-state index contributed by atoms with van der Waals surface area (Å²) in [6.07, 6.45) is 0. The van der Waals surface area contributed by atoms with Crippen LogP contribution in [-0.4, -0.2) is 22.1 Å². The van der Waals surface area contributed by atoms with E-state index in [1.165, 1.54) is 10.1 Å². The van der Waals surface area contributed by atoms with Gasteiger partial charge in [-0.2, -0.15) is 0 Å². The highest BCUT2D eigenvalue weighted by Crippen LogP contribution is 2.23. The number of hydrazine groups is 1. The van der Waals surface area contributed by atoms with E-state index >= 15 is 0 Å². The van der Waals surface area contributed by atoms with Gasteiger partial charge in [-0.05, 0) is 55.2 Å². The molecule has 0 aliphatic heterocycles. The molecule has 0 atom stereocenters. The molecule has 2 aromatic carbocycles. The number of carbonyl (C=O) groups excluding carboxylic acids is 1. The number of hydrogen-bond acceptors (Lipinski definition) is 5. The summed E-state index contributed by atoms with van der Waals surface area (Å²) in [4.78, 5) is 29.2. The third kappa shape index (κ3) is 4.56. The lowest BCUT2D eigenvalue weighted by Gasteiger charge is -2.15. The van der Waals surface area contributed by atoms with Crippen molar-refractivity contribution in [2.45, 2.75) is 40.2 Å². The molecule has 3 aromatic rings. The zero-order chi connectivity index (χ0) is 21.0. The number of benzene rings is 2. The van der Waals surface area contributed by atoms with Crippen molar-refractivity contribution in [2.24, 2.45) is 0 Å². The number of amides is 1. The van der Waals surface area contributed by atoms with Crippen LogP contribution in [0.5, 0.6) is 5.75 Å². The molecule has 0 unspecified atom stereocenters. The van der Waals surface area contributed by atoms with Crippen molar-refractivity contribution in [3.05, 3.63) is 63.9 Å². The maximum absolute atomic E-state index is 12.6. The van der Waals surface area contributed by atoms with E-state index in [2.05, 4.69) is 29.7 Å². The summed E-state index contributed by atoms with van der Waals surface area (Å²) >= 11 is 0. The molecule has 2 N–H and O–H groups in total. The topological polar surface area (TPSA) is 85.2 Å². The smallest absolute Gasteiger partial charge is 0.276 e. The Morgan fingerprint density at radius 3 is 2.66 bits per heavy atom. The second-order valence-electron chi connectivity index (χ2n) is 7.14. The minimum Gasteiger partial charge on any atom is -0.484 e. The van der Waals surface area contributed by atoms with Gasteiger partial charge >= 0.3 is 0 Å². The normalized spacial score (nSPS) is 10.9. The number of nitrogens with zero attached hydrogens (tertiary/aromatic N) is 2. The molecule has 29 heavy (non-hydrogen) atoms. The monoisotopic (exact) mass is 394 g/mol. The number of para-hydroxylation sites is 1. The highest BCUT2D eigenvalue weighted by molar-refractivity contribution is 5.80. The van der Waals surface area contributed by atoms with Gasteiger partial charge in [-0.25, -0.2) is 4.98 Å². The molecule has 0 fully saturated rings. The van der Waals surface area contributed by atoms with Crippen molar-refractivity contribution in [3.63, 3.8) is 0 Å². The molecular weight excluding hydrogens is 368 g/mol. The molecule has 0 spiro atoms. The van der Waals surface area contributed by atoms with Gasteiger partial charge in [0.05, 0.1) is 10.9 Å². The molecule has 0 aliphatic carbocycles. The molecule has 3 rings (SSSR count). The molecule has 1 amide bonds.